The third-order valence-corrected chi connectivity index (χ3v) is 6.34. The molecule has 2 heterocycles. The molecule has 1 atom stereocenters. The number of rotatable bonds is 14. The van der Waals surface area contributed by atoms with Crippen LogP contribution < -0.4 is 21.5 Å². The summed E-state index contributed by atoms with van der Waals surface area (Å²) >= 11 is 0. The Labute approximate surface area is 242 Å². The number of carboxylic acid groups (broad SMARTS) is 2. The zero-order valence-electron chi connectivity index (χ0n) is 23.8. The number of fused-ring (bicyclic) bond motifs is 1. The van der Waals surface area contributed by atoms with Crippen molar-refractivity contribution in [1.29, 1.82) is 0 Å². The zero-order chi connectivity index (χ0) is 30.8. The summed E-state index contributed by atoms with van der Waals surface area (Å²) in [7, 11) is 0. The predicted molar refractivity (Wildman–Crippen MR) is 158 cm³/mol. The summed E-state index contributed by atoms with van der Waals surface area (Å²) in [4.78, 5) is 64.5. The number of nitrogens with two attached hydrogens (primary N) is 1. The van der Waals surface area contributed by atoms with E-state index in [0.717, 1.165) is 18.5 Å². The number of carbonyl (C=O) groups excluding carboxylic acids is 1. The highest BCUT2D eigenvalue weighted by molar-refractivity contribution is 5.97. The van der Waals surface area contributed by atoms with Crippen molar-refractivity contribution >= 4 is 40.6 Å². The summed E-state index contributed by atoms with van der Waals surface area (Å²) in [5.74, 6) is -3.15. The molecule has 0 aliphatic carbocycles. The number of allylic oxidation sites excluding steroid dienone is 3. The lowest BCUT2D eigenvalue weighted by atomic mass is 10.1. The summed E-state index contributed by atoms with van der Waals surface area (Å²) < 4.78 is 0. The number of aliphatic carboxylic acids is 2. The lowest BCUT2D eigenvalue weighted by Crippen LogP contribution is -2.41. The average molecular weight is 578 g/mol. The van der Waals surface area contributed by atoms with Crippen LogP contribution in [-0.2, 0) is 16.1 Å². The first-order chi connectivity index (χ1) is 19.9. The molecule has 3 rings (SSSR count). The van der Waals surface area contributed by atoms with Crippen molar-refractivity contribution in [2.75, 3.05) is 17.2 Å². The van der Waals surface area contributed by atoms with E-state index in [0.29, 0.717) is 12.2 Å². The standard InChI is InChI=1S/C29H35N7O6/c1-17(2)5-4-6-18(3)13-14-36(16-20-15-31-25-24(32-20)27(40)35-29(30)34-25)21-9-7-19(8-10-21)26(39)33-22(28(41)42)11-12-23(37)38/h5,7-10,13,15,22H,4,6,11-12,14,16H2,1-3H3,(H,33,39)(H,37,38)(H,41,42)(H3,30,31,34,35,40)/b18-13+/t22-/m0/s1. The van der Waals surface area contributed by atoms with Crippen molar-refractivity contribution in [2.45, 2.75) is 59.0 Å². The number of hydrogen-bond acceptors (Lipinski definition) is 9. The molecule has 1 aromatic carbocycles. The second-order valence-corrected chi connectivity index (χ2v) is 10.1. The first-order valence-electron chi connectivity index (χ1n) is 13.3. The Balaban J connectivity index is 1.84. The molecule has 0 fully saturated rings. The number of anilines is 2. The van der Waals surface area contributed by atoms with Gasteiger partial charge in [-0.25, -0.2) is 14.8 Å². The van der Waals surface area contributed by atoms with Crippen LogP contribution in [0.25, 0.3) is 11.2 Å². The van der Waals surface area contributed by atoms with Crippen LogP contribution in [0.1, 0.15) is 62.5 Å². The molecule has 0 aliphatic rings. The number of nitrogens with zero attached hydrogens (tertiary/aromatic N) is 4. The third-order valence-electron chi connectivity index (χ3n) is 6.34. The number of nitrogens with one attached hydrogen (secondary N) is 2. The van der Waals surface area contributed by atoms with Gasteiger partial charge in [0.25, 0.3) is 5.91 Å². The monoisotopic (exact) mass is 577 g/mol. The minimum atomic E-state index is -1.33. The largest absolute Gasteiger partial charge is 0.481 e. The molecule has 0 aliphatic heterocycles. The summed E-state index contributed by atoms with van der Waals surface area (Å²) in [5, 5.41) is 20.6. The van der Waals surface area contributed by atoms with Crippen molar-refractivity contribution in [3.05, 3.63) is 75.4 Å². The molecule has 222 valence electrons. The summed E-state index contributed by atoms with van der Waals surface area (Å²) in [5.41, 5.74) is 9.24. The van der Waals surface area contributed by atoms with E-state index in [1.807, 2.05) is 4.90 Å². The molecule has 0 bridgehead atoms. The Morgan fingerprint density at radius 2 is 1.79 bits per heavy atom. The number of benzene rings is 1. The van der Waals surface area contributed by atoms with Gasteiger partial charge in [0, 0.05) is 24.2 Å². The maximum atomic E-state index is 12.7. The van der Waals surface area contributed by atoms with Crippen molar-refractivity contribution < 1.29 is 24.6 Å². The van der Waals surface area contributed by atoms with Crippen LogP contribution in [-0.4, -0.2) is 60.6 Å². The van der Waals surface area contributed by atoms with E-state index in [2.05, 4.69) is 58.2 Å². The second kappa shape index (κ2) is 14.5. The van der Waals surface area contributed by atoms with Gasteiger partial charge in [-0.2, -0.15) is 4.98 Å². The maximum Gasteiger partial charge on any atom is 0.326 e. The Bertz CT molecular complexity index is 1560. The number of carbonyl (C=O) groups is 3. The Morgan fingerprint density at radius 3 is 2.43 bits per heavy atom. The first kappa shape index (κ1) is 31.5. The molecular weight excluding hydrogens is 542 g/mol. The SMILES string of the molecule is CC(C)=CCC/C(C)=C/CN(Cc1cnc2[nH]c(N)nc(=O)c2n1)c1ccc(C(=O)N[C@@H](CCC(=O)O)C(=O)O)cc1. The van der Waals surface area contributed by atoms with Crippen LogP contribution >= 0.6 is 0 Å². The van der Waals surface area contributed by atoms with Crippen LogP contribution in [0.15, 0.2) is 58.6 Å². The fourth-order valence-corrected chi connectivity index (χ4v) is 4.06. The number of H-pyrrole nitrogens is 1. The van der Waals surface area contributed by atoms with Crippen LogP contribution in [0.2, 0.25) is 0 Å². The number of nitrogen functional groups attached to an aromatic ring is 1. The van der Waals surface area contributed by atoms with Gasteiger partial charge in [0.15, 0.2) is 11.2 Å². The van der Waals surface area contributed by atoms with Gasteiger partial charge < -0.3 is 31.1 Å². The number of amides is 1. The minimum Gasteiger partial charge on any atom is -0.481 e. The Kier molecular flexibility index (Phi) is 10.9. The number of aromatic amines is 1. The lowest BCUT2D eigenvalue weighted by Gasteiger charge is -2.24. The molecule has 3 aromatic rings. The van der Waals surface area contributed by atoms with E-state index in [1.165, 1.54) is 11.1 Å². The normalized spacial score (nSPS) is 12.0. The fourth-order valence-electron chi connectivity index (χ4n) is 4.06. The third kappa shape index (κ3) is 9.25. The highest BCUT2D eigenvalue weighted by Gasteiger charge is 2.22. The van der Waals surface area contributed by atoms with Gasteiger partial charge in [-0.1, -0.05) is 23.3 Å². The topological polar surface area (TPSA) is 204 Å². The van der Waals surface area contributed by atoms with Crippen molar-refractivity contribution in [1.82, 2.24) is 25.3 Å². The fraction of sp³-hybridized carbons (Fsp3) is 0.345. The van der Waals surface area contributed by atoms with Crippen LogP contribution in [0, 0.1) is 0 Å². The molecule has 2 aromatic heterocycles. The highest BCUT2D eigenvalue weighted by atomic mass is 16.4. The lowest BCUT2D eigenvalue weighted by molar-refractivity contribution is -0.140. The predicted octanol–water partition coefficient (Wildman–Crippen LogP) is 3.04. The van der Waals surface area contributed by atoms with E-state index in [1.54, 1.807) is 30.5 Å². The van der Waals surface area contributed by atoms with E-state index in [-0.39, 0.29) is 42.1 Å². The summed E-state index contributed by atoms with van der Waals surface area (Å²) in [6.07, 6.45) is 7.01. The molecule has 0 unspecified atom stereocenters. The quantitative estimate of drug-likeness (QED) is 0.176. The molecule has 0 spiro atoms. The molecule has 0 saturated carbocycles. The molecule has 1 amide bonds. The summed E-state index contributed by atoms with van der Waals surface area (Å²) in [6, 6.07) is 5.23. The van der Waals surface area contributed by atoms with E-state index >= 15 is 0 Å². The van der Waals surface area contributed by atoms with E-state index in [4.69, 9.17) is 10.8 Å². The molecule has 13 heteroatoms. The minimum absolute atomic E-state index is 0.0504. The van der Waals surface area contributed by atoms with Gasteiger partial charge in [-0.3, -0.25) is 14.4 Å². The van der Waals surface area contributed by atoms with Crippen molar-refractivity contribution in [2.24, 2.45) is 0 Å². The van der Waals surface area contributed by atoms with Gasteiger partial charge >= 0.3 is 17.5 Å². The molecular formula is C29H35N7O6. The van der Waals surface area contributed by atoms with Crippen LogP contribution in [0.4, 0.5) is 11.6 Å². The Hall–Kier alpha value is -5.07. The van der Waals surface area contributed by atoms with Gasteiger partial charge in [-0.15, -0.1) is 0 Å². The van der Waals surface area contributed by atoms with Crippen LogP contribution in [0.5, 0.6) is 0 Å². The maximum absolute atomic E-state index is 12.7. The van der Waals surface area contributed by atoms with E-state index < -0.39 is 29.4 Å². The highest BCUT2D eigenvalue weighted by Crippen LogP contribution is 2.19. The smallest absolute Gasteiger partial charge is 0.326 e. The van der Waals surface area contributed by atoms with Gasteiger partial charge in [0.1, 0.15) is 6.04 Å². The molecule has 13 nitrogen and oxygen atoms in total. The van der Waals surface area contributed by atoms with Crippen molar-refractivity contribution in [3.8, 4) is 0 Å². The van der Waals surface area contributed by atoms with Gasteiger partial charge in [0.2, 0.25) is 5.95 Å². The first-order valence-corrected chi connectivity index (χ1v) is 13.3. The molecule has 42 heavy (non-hydrogen) atoms. The van der Waals surface area contributed by atoms with Gasteiger partial charge in [0.05, 0.1) is 18.4 Å². The average Bonchev–Trinajstić information content (AvgIpc) is 2.93. The van der Waals surface area contributed by atoms with E-state index in [9.17, 15) is 24.3 Å². The number of hydrogen-bond donors (Lipinski definition) is 5. The molecule has 0 radical (unpaired) electrons. The summed E-state index contributed by atoms with van der Waals surface area (Å²) in [6.45, 7) is 6.95. The Morgan fingerprint density at radius 1 is 1.07 bits per heavy atom. The number of aromatic nitrogens is 4. The van der Waals surface area contributed by atoms with Gasteiger partial charge in [-0.05, 0) is 64.3 Å². The second-order valence-electron chi connectivity index (χ2n) is 10.1. The number of carboxylic acids is 2. The zero-order valence-corrected chi connectivity index (χ0v) is 23.8. The van der Waals surface area contributed by atoms with Crippen molar-refractivity contribution in [3.63, 3.8) is 0 Å². The molecule has 6 N–H and O–H groups in total. The molecule has 0 saturated heterocycles. The van der Waals surface area contributed by atoms with Crippen LogP contribution in [0.3, 0.4) is 0 Å².